The molecule has 2 aromatic rings. The van der Waals surface area contributed by atoms with E-state index in [2.05, 4.69) is 20.5 Å². The number of benzene rings is 1. The van der Waals surface area contributed by atoms with Crippen LogP contribution in [0.4, 0.5) is 0 Å². The minimum atomic E-state index is -0.265. The standard InChI is InChI=1S/C19H25ClN4O2S/c1-12(18(25)21-11-13-6-4-3-5-7-13)27-19-22-17(23-24-19)15-10-14(20)8-9-16(15)26-2/h8-10,12-13H,3-7,11H2,1-2H3,(H,21,25)(H,22,23,24)/t12-/m0/s1. The Morgan fingerprint density at radius 3 is 2.93 bits per heavy atom. The van der Waals surface area contributed by atoms with Crippen molar-refractivity contribution in [3.63, 3.8) is 0 Å². The molecule has 0 aliphatic heterocycles. The number of H-pyrrole nitrogens is 1. The lowest BCUT2D eigenvalue weighted by Gasteiger charge is -2.22. The topological polar surface area (TPSA) is 79.9 Å². The molecule has 0 unspecified atom stereocenters. The number of methoxy groups -OCH3 is 1. The molecule has 1 aliphatic carbocycles. The Labute approximate surface area is 168 Å². The van der Waals surface area contributed by atoms with Gasteiger partial charge in [-0.15, -0.1) is 5.10 Å². The third-order valence-corrected chi connectivity index (χ3v) is 6.02. The summed E-state index contributed by atoms with van der Waals surface area (Å²) in [5, 5.41) is 11.0. The van der Waals surface area contributed by atoms with Crippen LogP contribution in [-0.2, 0) is 4.79 Å². The number of hydrogen-bond acceptors (Lipinski definition) is 5. The molecule has 146 valence electrons. The maximum absolute atomic E-state index is 12.4. The van der Waals surface area contributed by atoms with Crippen molar-refractivity contribution in [1.82, 2.24) is 20.5 Å². The van der Waals surface area contributed by atoms with Gasteiger partial charge in [-0.1, -0.05) is 42.6 Å². The fourth-order valence-electron chi connectivity index (χ4n) is 3.28. The number of carbonyl (C=O) groups excluding carboxylic acids is 1. The number of aromatic amines is 1. The van der Waals surface area contributed by atoms with Gasteiger partial charge in [-0.3, -0.25) is 9.89 Å². The molecule has 8 heteroatoms. The van der Waals surface area contributed by atoms with E-state index in [1.54, 1.807) is 25.3 Å². The van der Waals surface area contributed by atoms with Gasteiger partial charge in [0.05, 0.1) is 17.9 Å². The van der Waals surface area contributed by atoms with E-state index >= 15 is 0 Å². The number of carbonyl (C=O) groups is 1. The number of thioether (sulfide) groups is 1. The molecule has 2 N–H and O–H groups in total. The zero-order valence-electron chi connectivity index (χ0n) is 15.6. The van der Waals surface area contributed by atoms with Crippen LogP contribution in [0.1, 0.15) is 39.0 Å². The first-order chi connectivity index (χ1) is 13.1. The van der Waals surface area contributed by atoms with E-state index in [1.807, 2.05) is 6.92 Å². The molecule has 1 aliphatic rings. The fraction of sp³-hybridized carbons (Fsp3) is 0.526. The maximum Gasteiger partial charge on any atom is 0.233 e. The molecule has 1 heterocycles. The first-order valence-corrected chi connectivity index (χ1v) is 10.5. The molecule has 27 heavy (non-hydrogen) atoms. The minimum absolute atomic E-state index is 0.0252. The van der Waals surface area contributed by atoms with Crippen molar-refractivity contribution < 1.29 is 9.53 Å². The van der Waals surface area contributed by atoms with E-state index in [-0.39, 0.29) is 11.2 Å². The minimum Gasteiger partial charge on any atom is -0.496 e. The molecule has 3 rings (SSSR count). The van der Waals surface area contributed by atoms with E-state index in [1.165, 1.54) is 43.9 Å². The summed E-state index contributed by atoms with van der Waals surface area (Å²) in [7, 11) is 1.59. The smallest absolute Gasteiger partial charge is 0.233 e. The van der Waals surface area contributed by atoms with Gasteiger partial charge in [-0.2, -0.15) is 0 Å². The Morgan fingerprint density at radius 2 is 2.19 bits per heavy atom. The summed E-state index contributed by atoms with van der Waals surface area (Å²) < 4.78 is 5.36. The number of aromatic nitrogens is 3. The molecule has 0 spiro atoms. The second-order valence-corrected chi connectivity index (χ2v) is 8.56. The average molecular weight is 409 g/mol. The highest BCUT2D eigenvalue weighted by Crippen LogP contribution is 2.31. The van der Waals surface area contributed by atoms with Gasteiger partial charge in [-0.25, -0.2) is 4.98 Å². The molecule has 0 saturated heterocycles. The quantitative estimate of drug-likeness (QED) is 0.667. The number of nitrogens with one attached hydrogen (secondary N) is 2. The normalized spacial score (nSPS) is 16.1. The molecule has 1 saturated carbocycles. The summed E-state index contributed by atoms with van der Waals surface area (Å²) in [6.45, 7) is 2.64. The van der Waals surface area contributed by atoms with Crippen molar-refractivity contribution in [2.24, 2.45) is 5.92 Å². The predicted octanol–water partition coefficient (Wildman–Crippen LogP) is 4.31. The lowest BCUT2D eigenvalue weighted by atomic mass is 9.89. The van der Waals surface area contributed by atoms with Crippen LogP contribution >= 0.6 is 23.4 Å². The zero-order valence-corrected chi connectivity index (χ0v) is 17.2. The highest BCUT2D eigenvalue weighted by atomic mass is 35.5. The van der Waals surface area contributed by atoms with Crippen LogP contribution in [0.3, 0.4) is 0 Å². The summed E-state index contributed by atoms with van der Waals surface area (Å²) in [5.41, 5.74) is 0.735. The van der Waals surface area contributed by atoms with Crippen LogP contribution < -0.4 is 10.1 Å². The average Bonchev–Trinajstić information content (AvgIpc) is 3.15. The first-order valence-electron chi connectivity index (χ1n) is 9.27. The van der Waals surface area contributed by atoms with Crippen LogP contribution in [0.15, 0.2) is 23.4 Å². The Kier molecular flexibility index (Phi) is 7.01. The summed E-state index contributed by atoms with van der Waals surface area (Å²) in [5.74, 6) is 1.86. The van der Waals surface area contributed by atoms with Crippen LogP contribution in [0, 0.1) is 5.92 Å². The Hall–Kier alpha value is -1.73. The van der Waals surface area contributed by atoms with Gasteiger partial charge < -0.3 is 10.1 Å². The number of amides is 1. The van der Waals surface area contributed by atoms with Gasteiger partial charge in [0, 0.05) is 11.6 Å². The van der Waals surface area contributed by atoms with E-state index < -0.39 is 0 Å². The van der Waals surface area contributed by atoms with Gasteiger partial charge in [-0.05, 0) is 43.9 Å². The second-order valence-electron chi connectivity index (χ2n) is 6.82. The molecule has 6 nitrogen and oxygen atoms in total. The number of halogens is 1. The third kappa shape index (κ3) is 5.39. The van der Waals surface area contributed by atoms with Crippen molar-refractivity contribution in [1.29, 1.82) is 0 Å². The lowest BCUT2D eigenvalue weighted by Crippen LogP contribution is -2.35. The summed E-state index contributed by atoms with van der Waals surface area (Å²) in [6, 6.07) is 5.32. The van der Waals surface area contributed by atoms with E-state index in [0.717, 1.165) is 12.1 Å². The van der Waals surface area contributed by atoms with Crippen LogP contribution in [-0.4, -0.2) is 40.0 Å². The highest BCUT2D eigenvalue weighted by molar-refractivity contribution is 8.00. The molecule has 0 bridgehead atoms. The maximum atomic E-state index is 12.4. The Balaban J connectivity index is 1.58. The predicted molar refractivity (Wildman–Crippen MR) is 108 cm³/mol. The molecular formula is C19H25ClN4O2S. The molecule has 1 fully saturated rings. The number of nitrogens with zero attached hydrogens (tertiary/aromatic N) is 2. The van der Waals surface area contributed by atoms with Crippen LogP contribution in [0.5, 0.6) is 5.75 Å². The lowest BCUT2D eigenvalue weighted by molar-refractivity contribution is -0.120. The fourth-order valence-corrected chi connectivity index (χ4v) is 4.20. The van der Waals surface area contributed by atoms with Crippen molar-refractivity contribution in [3.8, 4) is 17.1 Å². The van der Waals surface area contributed by atoms with Crippen LogP contribution in [0.2, 0.25) is 5.02 Å². The number of rotatable bonds is 7. The number of ether oxygens (including phenoxy) is 1. The molecule has 0 radical (unpaired) electrons. The SMILES string of the molecule is COc1ccc(Cl)cc1-c1nc(S[C@@H](C)C(=O)NCC2CCCCC2)n[nH]1. The molecule has 1 aromatic carbocycles. The summed E-state index contributed by atoms with van der Waals surface area (Å²) >= 11 is 7.41. The Bertz CT molecular complexity index is 777. The summed E-state index contributed by atoms with van der Waals surface area (Å²) in [4.78, 5) is 16.9. The monoisotopic (exact) mass is 408 g/mol. The summed E-state index contributed by atoms with van der Waals surface area (Å²) in [6.07, 6.45) is 6.30. The van der Waals surface area contributed by atoms with Gasteiger partial charge in [0.25, 0.3) is 0 Å². The molecule has 1 aromatic heterocycles. The van der Waals surface area contributed by atoms with Crippen molar-refractivity contribution >= 4 is 29.3 Å². The Morgan fingerprint density at radius 1 is 1.41 bits per heavy atom. The number of hydrogen-bond donors (Lipinski definition) is 2. The molecule has 1 atom stereocenters. The second kappa shape index (κ2) is 9.46. The molecule has 1 amide bonds. The van der Waals surface area contributed by atoms with Gasteiger partial charge >= 0.3 is 0 Å². The van der Waals surface area contributed by atoms with Gasteiger partial charge in [0.15, 0.2) is 5.82 Å². The highest BCUT2D eigenvalue weighted by Gasteiger charge is 2.20. The largest absolute Gasteiger partial charge is 0.496 e. The van der Waals surface area contributed by atoms with E-state index in [9.17, 15) is 4.79 Å². The van der Waals surface area contributed by atoms with E-state index in [0.29, 0.717) is 27.7 Å². The zero-order chi connectivity index (χ0) is 19.2. The first kappa shape index (κ1) is 20.0. The van der Waals surface area contributed by atoms with Crippen molar-refractivity contribution in [2.45, 2.75) is 49.4 Å². The third-order valence-electron chi connectivity index (χ3n) is 4.82. The van der Waals surface area contributed by atoms with Crippen LogP contribution in [0.25, 0.3) is 11.4 Å². The van der Waals surface area contributed by atoms with Gasteiger partial charge in [0.2, 0.25) is 11.1 Å². The molecular weight excluding hydrogens is 384 g/mol. The van der Waals surface area contributed by atoms with Crippen molar-refractivity contribution in [2.75, 3.05) is 13.7 Å². The van der Waals surface area contributed by atoms with Crippen molar-refractivity contribution in [3.05, 3.63) is 23.2 Å². The van der Waals surface area contributed by atoms with E-state index in [4.69, 9.17) is 16.3 Å². The van der Waals surface area contributed by atoms with Gasteiger partial charge in [0.1, 0.15) is 5.75 Å².